The lowest BCUT2D eigenvalue weighted by Crippen LogP contribution is -2.60. The molecular weight excluding hydrogens is 1080 g/mol. The van der Waals surface area contributed by atoms with Gasteiger partial charge in [-0.25, -0.2) is 4.79 Å². The lowest BCUT2D eigenvalue weighted by molar-refractivity contribution is -0.146. The number of hydrogen-bond acceptors (Lipinski definition) is 11. The van der Waals surface area contributed by atoms with Crippen molar-refractivity contribution in [3.8, 4) is 0 Å². The molecule has 0 fully saturated rings. The highest BCUT2D eigenvalue weighted by Crippen LogP contribution is 2.23. The molecule has 22 nitrogen and oxygen atoms in total. The van der Waals surface area contributed by atoms with Crippen LogP contribution >= 0.6 is 0 Å². The molecule has 0 aliphatic heterocycles. The molecule has 22 heteroatoms. The van der Waals surface area contributed by atoms with Crippen LogP contribution in [0.2, 0.25) is 0 Å². The fourth-order valence-corrected chi connectivity index (χ4v) is 9.78. The predicted octanol–water partition coefficient (Wildman–Crippen LogP) is 4.99. The Labute approximate surface area is 500 Å². The number of carboxylic acids is 1. The molecule has 0 radical (unpaired) electrons. The van der Waals surface area contributed by atoms with Crippen LogP contribution in [-0.4, -0.2) is 185 Å². The number of aryl methyl sites for hydroxylation is 1. The van der Waals surface area contributed by atoms with Crippen molar-refractivity contribution >= 4 is 65.0 Å². The molecule has 6 N–H and O–H groups in total. The average molecular weight is 1180 g/mol. The predicted molar refractivity (Wildman–Crippen MR) is 324 cm³/mol. The van der Waals surface area contributed by atoms with E-state index >= 15 is 0 Å². The van der Waals surface area contributed by atoms with Crippen molar-refractivity contribution in [3.63, 3.8) is 0 Å². The van der Waals surface area contributed by atoms with Crippen LogP contribution in [0.1, 0.15) is 164 Å². The second-order valence-electron chi connectivity index (χ2n) is 24.7. The third-order valence-corrected chi connectivity index (χ3v) is 15.1. The van der Waals surface area contributed by atoms with Gasteiger partial charge < -0.3 is 56.2 Å². The fraction of sp³-hybridized carbons (Fsp3) is 0.694. The van der Waals surface area contributed by atoms with Crippen LogP contribution in [0.15, 0.2) is 36.5 Å². The summed E-state index contributed by atoms with van der Waals surface area (Å²) in [7, 11) is 8.70. The van der Waals surface area contributed by atoms with Crippen molar-refractivity contribution < 1.29 is 57.8 Å². The molecule has 1 aromatic rings. The van der Waals surface area contributed by atoms with E-state index in [1.165, 1.54) is 69.9 Å². The van der Waals surface area contributed by atoms with Gasteiger partial charge in [-0.2, -0.15) is 0 Å². The van der Waals surface area contributed by atoms with Gasteiger partial charge >= 0.3 is 5.97 Å². The Bertz CT molecular complexity index is 2440. The molecule has 0 heterocycles. The van der Waals surface area contributed by atoms with Gasteiger partial charge in [-0.1, -0.05) is 108 Å². The number of likely N-dealkylation sites (N-methyl/N-ethyl adjacent to an activating group) is 6. The highest BCUT2D eigenvalue weighted by Gasteiger charge is 2.40. The van der Waals surface area contributed by atoms with Crippen LogP contribution in [0.3, 0.4) is 0 Å². The number of carbonyl (C=O) groups excluding carboxylic acids is 10. The molecule has 0 saturated carbocycles. The normalized spacial score (nSPS) is 14.6. The number of carbonyl (C=O) groups is 11. The van der Waals surface area contributed by atoms with Gasteiger partial charge in [0.05, 0.1) is 5.56 Å². The van der Waals surface area contributed by atoms with Crippen molar-refractivity contribution in [1.82, 2.24) is 51.1 Å². The standard InChI is InChI=1S/C62H104N10O12/c1-22-46(66-56(77)50(69(18)51(73)32-38(8)9)33-40(12)25-23-26-44-27-24-28-45(34-44)62(83)84)60(81)68(17)43(15)59(80)71(20)49(31-37(6)7)57(78)67-52(39(10)11)61(82)72(21)48(30-36(4)5)55(76)64-41(13)53(74)65-42(14)58(79)70(19)47(29-35(2)3)54(75)63-16/h24,27-28,34-42,46-50,52H,15,22-23,25-26,29-33H2,1-14,16-21H3,(H,63,75)(H,64,76)(H,65,74)(H,66,77)(H,67,78)(H,83,84)/t40-,41-,42?,46+,47+,48+,49+,50?,52+/m1/s1. The Morgan fingerprint density at radius 2 is 1.02 bits per heavy atom. The summed E-state index contributed by atoms with van der Waals surface area (Å²) >= 11 is 0. The number of nitrogens with zero attached hydrogens (tertiary/aromatic N) is 5. The number of aromatic carboxylic acids is 1. The zero-order valence-corrected chi connectivity index (χ0v) is 54.1. The minimum atomic E-state index is -1.20. The quantitative estimate of drug-likeness (QED) is 0.0491. The largest absolute Gasteiger partial charge is 0.478 e. The van der Waals surface area contributed by atoms with Crippen molar-refractivity contribution in [3.05, 3.63) is 47.7 Å². The Morgan fingerprint density at radius 1 is 0.548 bits per heavy atom. The summed E-state index contributed by atoms with van der Waals surface area (Å²) in [6, 6.07) is -1.83. The molecular formula is C62H104N10O12. The molecule has 9 atom stereocenters. The third kappa shape index (κ3) is 23.3. The average Bonchev–Trinajstić information content (AvgIpc) is 3.64. The Morgan fingerprint density at radius 3 is 1.51 bits per heavy atom. The number of benzene rings is 1. The molecule has 10 amide bonds. The number of hydrogen-bond donors (Lipinski definition) is 6. The van der Waals surface area contributed by atoms with E-state index in [0.717, 1.165) is 15.4 Å². The van der Waals surface area contributed by atoms with Gasteiger partial charge in [-0.15, -0.1) is 0 Å². The summed E-state index contributed by atoms with van der Waals surface area (Å²) in [6.07, 6.45) is 3.25. The monoisotopic (exact) mass is 1180 g/mol. The number of carboxylic acid groups (broad SMARTS) is 1. The summed E-state index contributed by atoms with van der Waals surface area (Å²) < 4.78 is 0. The first-order valence-corrected chi connectivity index (χ1v) is 29.7. The molecule has 0 aliphatic carbocycles. The molecule has 2 unspecified atom stereocenters. The van der Waals surface area contributed by atoms with Gasteiger partial charge in [0.1, 0.15) is 54.0 Å². The van der Waals surface area contributed by atoms with Crippen LogP contribution in [-0.2, 0) is 54.4 Å². The van der Waals surface area contributed by atoms with E-state index in [2.05, 4.69) is 33.2 Å². The molecule has 1 rings (SSSR count). The zero-order valence-electron chi connectivity index (χ0n) is 54.1. The van der Waals surface area contributed by atoms with Crippen LogP contribution in [0.5, 0.6) is 0 Å². The van der Waals surface area contributed by atoms with E-state index in [1.54, 1.807) is 40.0 Å². The maximum atomic E-state index is 14.5. The van der Waals surface area contributed by atoms with E-state index < -0.39 is 107 Å². The Balaban J connectivity index is 3.35. The van der Waals surface area contributed by atoms with Gasteiger partial charge in [-0.3, -0.25) is 47.9 Å². The van der Waals surface area contributed by atoms with Gasteiger partial charge in [0, 0.05) is 48.7 Å². The molecule has 0 spiro atoms. The van der Waals surface area contributed by atoms with Crippen molar-refractivity contribution in [2.75, 3.05) is 42.3 Å². The minimum Gasteiger partial charge on any atom is -0.478 e. The highest BCUT2D eigenvalue weighted by molar-refractivity contribution is 6.02. The van der Waals surface area contributed by atoms with Crippen molar-refractivity contribution in [2.45, 2.75) is 203 Å². The maximum Gasteiger partial charge on any atom is 0.335 e. The van der Waals surface area contributed by atoms with Crippen LogP contribution < -0.4 is 26.6 Å². The van der Waals surface area contributed by atoms with Gasteiger partial charge in [0.25, 0.3) is 5.91 Å². The number of amides is 10. The summed E-state index contributed by atoms with van der Waals surface area (Å²) in [5, 5.41) is 23.0. The smallest absolute Gasteiger partial charge is 0.335 e. The summed E-state index contributed by atoms with van der Waals surface area (Å²) in [4.78, 5) is 157. The lowest BCUT2D eigenvalue weighted by Gasteiger charge is -2.36. The second-order valence-corrected chi connectivity index (χ2v) is 24.7. The van der Waals surface area contributed by atoms with Crippen LogP contribution in [0, 0.1) is 35.5 Å². The molecule has 0 bridgehead atoms. The van der Waals surface area contributed by atoms with E-state index in [-0.39, 0.29) is 84.8 Å². The number of nitrogens with one attached hydrogen (secondary N) is 5. The van der Waals surface area contributed by atoms with E-state index in [0.29, 0.717) is 25.7 Å². The summed E-state index contributed by atoms with van der Waals surface area (Å²) in [5.74, 6) is -7.49. The molecule has 84 heavy (non-hydrogen) atoms. The lowest BCUT2D eigenvalue weighted by atomic mass is 9.93. The Kier molecular flexibility index (Phi) is 31.7. The van der Waals surface area contributed by atoms with Gasteiger partial charge in [-0.05, 0) is 112 Å². The highest BCUT2D eigenvalue weighted by atomic mass is 16.4. The Hall–Kier alpha value is -6.87. The number of rotatable bonds is 35. The minimum absolute atomic E-state index is 0.0128. The summed E-state index contributed by atoms with van der Waals surface area (Å²) in [6.45, 7) is 29.0. The molecule has 0 aromatic heterocycles. The third-order valence-electron chi connectivity index (χ3n) is 15.1. The zero-order chi connectivity index (χ0) is 64.8. The SMILES string of the molecule is C=C(C(=O)N(C)[C@@H](CC(C)C)C(=O)N[C@H](C(=O)N(C)[C@@H](CC(C)C)C(=O)N[C@H](C)C(=O)NC(C)C(=O)N(C)[C@@H](CC(C)C)C(=O)NC)C(C)C)N(C)C(=O)[C@H](CC)NC(=O)C(C[C@H](C)CCCc1cccc(C(=O)O)c1)N(C)C(=O)CC(C)C. The van der Waals surface area contributed by atoms with E-state index in [4.69, 9.17) is 0 Å². The maximum absolute atomic E-state index is 14.5. The fourth-order valence-electron chi connectivity index (χ4n) is 9.78. The molecule has 1 aromatic carbocycles. The first kappa shape index (κ1) is 75.1. The van der Waals surface area contributed by atoms with Crippen LogP contribution in [0.25, 0.3) is 0 Å². The van der Waals surface area contributed by atoms with E-state index in [9.17, 15) is 57.8 Å². The van der Waals surface area contributed by atoms with E-state index in [1.807, 2.05) is 68.4 Å². The first-order chi connectivity index (χ1) is 38.9. The molecule has 474 valence electrons. The van der Waals surface area contributed by atoms with Gasteiger partial charge in [0.15, 0.2) is 0 Å². The summed E-state index contributed by atoms with van der Waals surface area (Å²) in [5.41, 5.74) is 0.765. The van der Waals surface area contributed by atoms with Gasteiger partial charge in [0.2, 0.25) is 53.2 Å². The van der Waals surface area contributed by atoms with Crippen molar-refractivity contribution in [1.29, 1.82) is 0 Å². The first-order valence-electron chi connectivity index (χ1n) is 29.7. The second kappa shape index (κ2) is 35.4. The molecule has 0 aliphatic rings. The topological polar surface area (TPSA) is 284 Å². The van der Waals surface area contributed by atoms with Crippen LogP contribution in [0.4, 0.5) is 0 Å². The van der Waals surface area contributed by atoms with Crippen molar-refractivity contribution in [2.24, 2.45) is 35.5 Å². The molecule has 0 saturated heterocycles.